The van der Waals surface area contributed by atoms with Gasteiger partial charge >= 0.3 is 0 Å². The molecule has 0 aliphatic carbocycles. The number of hydrogen-bond donors (Lipinski definition) is 1. The van der Waals surface area contributed by atoms with Crippen molar-refractivity contribution >= 4 is 9.84 Å². The van der Waals surface area contributed by atoms with E-state index in [2.05, 4.69) is 0 Å². The van der Waals surface area contributed by atoms with Gasteiger partial charge in [-0.05, 0) is 24.1 Å². The van der Waals surface area contributed by atoms with Crippen LogP contribution in [0.2, 0.25) is 0 Å². The summed E-state index contributed by atoms with van der Waals surface area (Å²) < 4.78 is 36.3. The van der Waals surface area contributed by atoms with Crippen molar-refractivity contribution in [2.45, 2.75) is 31.5 Å². The van der Waals surface area contributed by atoms with E-state index in [0.717, 1.165) is 5.56 Å². The second kappa shape index (κ2) is 9.07. The molecular formula is C22H22O6S. The van der Waals surface area contributed by atoms with Gasteiger partial charge in [0.1, 0.15) is 19.0 Å². The van der Waals surface area contributed by atoms with Crippen LogP contribution in [0.4, 0.5) is 0 Å². The molecule has 0 aliphatic heterocycles. The van der Waals surface area contributed by atoms with E-state index in [9.17, 15) is 18.3 Å². The van der Waals surface area contributed by atoms with Crippen LogP contribution >= 0.6 is 0 Å². The van der Waals surface area contributed by atoms with Crippen LogP contribution in [0.5, 0.6) is 5.75 Å². The molecular weight excluding hydrogens is 392 g/mol. The van der Waals surface area contributed by atoms with Crippen molar-refractivity contribution < 1.29 is 22.7 Å². The van der Waals surface area contributed by atoms with Crippen LogP contribution in [0, 0.1) is 6.92 Å². The number of hydrogen-bond acceptors (Lipinski definition) is 6. The third kappa shape index (κ3) is 5.13. The lowest BCUT2D eigenvalue weighted by molar-refractivity contribution is 0.213. The molecule has 0 saturated heterocycles. The first kappa shape index (κ1) is 20.8. The highest BCUT2D eigenvalue weighted by molar-refractivity contribution is 7.91. The van der Waals surface area contributed by atoms with E-state index in [4.69, 9.17) is 9.15 Å². The Balaban J connectivity index is 1.76. The van der Waals surface area contributed by atoms with Gasteiger partial charge in [0.25, 0.3) is 0 Å². The Labute approximate surface area is 169 Å². The van der Waals surface area contributed by atoms with Gasteiger partial charge in [0.15, 0.2) is 15.6 Å². The Morgan fingerprint density at radius 1 is 1.03 bits per heavy atom. The van der Waals surface area contributed by atoms with Crippen molar-refractivity contribution in [2.75, 3.05) is 5.75 Å². The zero-order chi connectivity index (χ0) is 20.9. The Kier molecular flexibility index (Phi) is 6.51. The average molecular weight is 414 g/mol. The van der Waals surface area contributed by atoms with Crippen molar-refractivity contribution in [3.8, 4) is 5.75 Å². The predicted molar refractivity (Wildman–Crippen MR) is 109 cm³/mol. The first-order valence-electron chi connectivity index (χ1n) is 9.12. The van der Waals surface area contributed by atoms with E-state index in [-0.39, 0.29) is 40.9 Å². The highest BCUT2D eigenvalue weighted by Gasteiger charge is 2.19. The van der Waals surface area contributed by atoms with Crippen LogP contribution in [-0.4, -0.2) is 19.3 Å². The monoisotopic (exact) mass is 414 g/mol. The van der Waals surface area contributed by atoms with Crippen LogP contribution in [0.1, 0.15) is 22.6 Å². The summed E-state index contributed by atoms with van der Waals surface area (Å²) in [6, 6.07) is 17.2. The molecule has 0 radical (unpaired) electrons. The van der Waals surface area contributed by atoms with Gasteiger partial charge < -0.3 is 14.3 Å². The maximum Gasteiger partial charge on any atom is 0.227 e. The summed E-state index contributed by atoms with van der Waals surface area (Å²) in [4.78, 5) is 12.7. The van der Waals surface area contributed by atoms with Gasteiger partial charge in [0.05, 0.1) is 10.6 Å². The first-order chi connectivity index (χ1) is 13.9. The Bertz CT molecular complexity index is 1130. The molecule has 29 heavy (non-hydrogen) atoms. The third-order valence-corrected chi connectivity index (χ3v) is 6.31. The summed E-state index contributed by atoms with van der Waals surface area (Å²) in [5, 5.41) is 9.58. The van der Waals surface area contributed by atoms with Crippen LogP contribution in [0.15, 0.2) is 74.8 Å². The fraction of sp³-hybridized carbons (Fsp3) is 0.227. The smallest absolute Gasteiger partial charge is 0.227 e. The SMILES string of the molecule is Cc1ccccc1S(=O)(=O)CCc1cc(=O)c(OCc2ccccc2)c(CO)o1. The minimum Gasteiger partial charge on any atom is -0.482 e. The number of aliphatic hydroxyl groups is 1. The van der Waals surface area contributed by atoms with Gasteiger partial charge in [0.2, 0.25) is 11.2 Å². The number of aryl methyl sites for hydroxylation is 2. The van der Waals surface area contributed by atoms with E-state index in [1.165, 1.54) is 6.07 Å². The molecule has 3 aromatic rings. The van der Waals surface area contributed by atoms with Gasteiger partial charge in [-0.25, -0.2) is 8.42 Å². The second-order valence-corrected chi connectivity index (χ2v) is 8.67. The van der Waals surface area contributed by atoms with E-state index < -0.39 is 21.9 Å². The van der Waals surface area contributed by atoms with Crippen molar-refractivity contribution in [3.63, 3.8) is 0 Å². The van der Waals surface area contributed by atoms with E-state index in [0.29, 0.717) is 5.56 Å². The fourth-order valence-corrected chi connectivity index (χ4v) is 4.48. The van der Waals surface area contributed by atoms with Crippen LogP contribution in [0.25, 0.3) is 0 Å². The number of sulfone groups is 1. The van der Waals surface area contributed by atoms with Gasteiger partial charge in [-0.15, -0.1) is 0 Å². The van der Waals surface area contributed by atoms with Crippen molar-refractivity contribution in [1.82, 2.24) is 0 Å². The molecule has 0 atom stereocenters. The summed E-state index contributed by atoms with van der Waals surface area (Å²) in [7, 11) is -3.53. The largest absolute Gasteiger partial charge is 0.482 e. The first-order valence-corrected chi connectivity index (χ1v) is 10.8. The van der Waals surface area contributed by atoms with E-state index in [1.807, 2.05) is 30.3 Å². The average Bonchev–Trinajstić information content (AvgIpc) is 2.72. The molecule has 1 N–H and O–H groups in total. The molecule has 3 rings (SSSR count). The highest BCUT2D eigenvalue weighted by Crippen LogP contribution is 2.20. The molecule has 0 saturated carbocycles. The van der Waals surface area contributed by atoms with E-state index in [1.54, 1.807) is 31.2 Å². The Hall–Kier alpha value is -2.90. The van der Waals surface area contributed by atoms with Gasteiger partial charge in [-0.3, -0.25) is 4.79 Å². The summed E-state index contributed by atoms with van der Waals surface area (Å²) in [6.45, 7) is 1.35. The number of rotatable bonds is 8. The molecule has 0 bridgehead atoms. The number of aliphatic hydroxyl groups excluding tert-OH is 1. The minimum absolute atomic E-state index is 0.0118. The zero-order valence-corrected chi connectivity index (χ0v) is 16.8. The summed E-state index contributed by atoms with van der Waals surface area (Å²) >= 11 is 0. The van der Waals surface area contributed by atoms with Gasteiger partial charge in [0, 0.05) is 12.5 Å². The summed E-state index contributed by atoms with van der Waals surface area (Å²) in [6.07, 6.45) is 0.0118. The molecule has 1 aromatic heterocycles. The molecule has 7 heteroatoms. The lowest BCUT2D eigenvalue weighted by Gasteiger charge is -2.11. The predicted octanol–water partition coefficient (Wildman–Crippen LogP) is 3.04. The van der Waals surface area contributed by atoms with Crippen LogP contribution in [-0.2, 0) is 29.5 Å². The van der Waals surface area contributed by atoms with Crippen LogP contribution < -0.4 is 10.2 Å². The Morgan fingerprint density at radius 3 is 2.41 bits per heavy atom. The summed E-state index contributed by atoms with van der Waals surface area (Å²) in [5.74, 6) is -0.113. The standard InChI is InChI=1S/C22H22O6S/c1-16-7-5-6-10-21(16)29(25,26)12-11-18-13-19(24)22(20(14-23)28-18)27-15-17-8-3-2-4-9-17/h2-10,13,23H,11-12,14-15H2,1H3. The maximum absolute atomic E-state index is 12.6. The topological polar surface area (TPSA) is 93.8 Å². The lowest BCUT2D eigenvalue weighted by Crippen LogP contribution is -2.15. The fourth-order valence-electron chi connectivity index (χ4n) is 2.94. The minimum atomic E-state index is -3.53. The maximum atomic E-state index is 12.6. The molecule has 0 amide bonds. The number of benzene rings is 2. The molecule has 6 nitrogen and oxygen atoms in total. The molecule has 2 aromatic carbocycles. The van der Waals surface area contributed by atoms with Crippen molar-refractivity contribution in [1.29, 1.82) is 0 Å². The molecule has 0 unspecified atom stereocenters. The van der Waals surface area contributed by atoms with Gasteiger partial charge in [-0.1, -0.05) is 48.5 Å². The normalized spacial score (nSPS) is 11.4. The molecule has 0 spiro atoms. The number of ether oxygens (including phenoxy) is 1. The molecule has 152 valence electrons. The molecule has 0 fully saturated rings. The van der Waals surface area contributed by atoms with E-state index >= 15 is 0 Å². The zero-order valence-electron chi connectivity index (χ0n) is 16.0. The van der Waals surface area contributed by atoms with Crippen molar-refractivity contribution in [3.05, 3.63) is 93.5 Å². The summed E-state index contributed by atoms with van der Waals surface area (Å²) in [5.41, 5.74) is 1.07. The quantitative estimate of drug-likeness (QED) is 0.609. The highest BCUT2D eigenvalue weighted by atomic mass is 32.2. The van der Waals surface area contributed by atoms with Gasteiger partial charge in [-0.2, -0.15) is 0 Å². The second-order valence-electron chi connectivity index (χ2n) is 6.60. The van der Waals surface area contributed by atoms with Crippen molar-refractivity contribution in [2.24, 2.45) is 0 Å². The lowest BCUT2D eigenvalue weighted by atomic mass is 10.2. The third-order valence-electron chi connectivity index (χ3n) is 4.44. The van der Waals surface area contributed by atoms with Crippen LogP contribution in [0.3, 0.4) is 0 Å². The molecule has 0 aliphatic rings. The Morgan fingerprint density at radius 2 is 1.72 bits per heavy atom. The molecule has 1 heterocycles.